The van der Waals surface area contributed by atoms with Crippen LogP contribution in [-0.2, 0) is 0 Å². The van der Waals surface area contributed by atoms with Gasteiger partial charge in [0.2, 0.25) is 0 Å². The Morgan fingerprint density at radius 2 is 2.07 bits per heavy atom. The van der Waals surface area contributed by atoms with Gasteiger partial charge in [0.15, 0.2) is 5.82 Å². The summed E-state index contributed by atoms with van der Waals surface area (Å²) < 4.78 is 0. The first kappa shape index (κ1) is 21.5. The van der Waals surface area contributed by atoms with Crippen LogP contribution in [0.25, 0.3) is 0 Å². The predicted octanol–water partition coefficient (Wildman–Crippen LogP) is 1.11. The van der Waals surface area contributed by atoms with Crippen molar-refractivity contribution in [3.8, 4) is 6.07 Å². The highest BCUT2D eigenvalue weighted by Gasteiger charge is 2.37. The number of piperidine rings is 1. The minimum Gasteiger partial charge on any atom is -0.396 e. The molecule has 0 radical (unpaired) electrons. The lowest BCUT2D eigenvalue weighted by molar-refractivity contribution is 0.257. The molecule has 1 aliphatic heterocycles. The quantitative estimate of drug-likeness (QED) is 0.506. The van der Waals surface area contributed by atoms with E-state index in [2.05, 4.69) is 43.1 Å². The van der Waals surface area contributed by atoms with E-state index in [-0.39, 0.29) is 24.0 Å². The summed E-state index contributed by atoms with van der Waals surface area (Å²) in [7, 11) is 1.93. The Bertz CT molecular complexity index is 903. The van der Waals surface area contributed by atoms with Gasteiger partial charge in [-0.2, -0.15) is 5.26 Å². The molecule has 158 valence electrons. The third-order valence-electron chi connectivity index (χ3n) is 5.82. The van der Waals surface area contributed by atoms with E-state index in [1.165, 1.54) is 6.33 Å². The third kappa shape index (κ3) is 4.35. The molecule has 30 heavy (non-hydrogen) atoms. The van der Waals surface area contributed by atoms with Crippen molar-refractivity contribution in [2.24, 2.45) is 0 Å². The van der Waals surface area contributed by atoms with E-state index in [0.717, 1.165) is 24.1 Å². The van der Waals surface area contributed by atoms with E-state index in [0.29, 0.717) is 30.9 Å². The van der Waals surface area contributed by atoms with Crippen LogP contribution in [-0.4, -0.2) is 52.3 Å². The average molecular weight is 409 g/mol. The lowest BCUT2D eigenvalue weighted by Gasteiger charge is -2.44. The van der Waals surface area contributed by atoms with Crippen LogP contribution in [0.1, 0.15) is 36.4 Å². The first-order valence-corrected chi connectivity index (χ1v) is 9.95. The van der Waals surface area contributed by atoms with Crippen LogP contribution < -0.4 is 21.3 Å². The smallest absolute Gasteiger partial charge is 0.152 e. The third-order valence-corrected chi connectivity index (χ3v) is 5.82. The van der Waals surface area contributed by atoms with E-state index < -0.39 is 0 Å². The Labute approximate surface area is 176 Å². The van der Waals surface area contributed by atoms with Gasteiger partial charge < -0.3 is 26.4 Å². The highest BCUT2D eigenvalue weighted by Crippen LogP contribution is 2.32. The zero-order valence-electron chi connectivity index (χ0n) is 17.2. The van der Waals surface area contributed by atoms with Crippen LogP contribution in [0.15, 0.2) is 43.1 Å². The fourth-order valence-corrected chi connectivity index (χ4v) is 3.93. The summed E-state index contributed by atoms with van der Waals surface area (Å²) in [6.07, 6.45) is 6.99. The van der Waals surface area contributed by atoms with Gasteiger partial charge in [-0.25, -0.2) is 9.97 Å². The largest absolute Gasteiger partial charge is 0.396 e. The molecule has 3 heterocycles. The lowest BCUT2D eigenvalue weighted by atomic mass is 9.84. The molecule has 2 aromatic rings. The van der Waals surface area contributed by atoms with E-state index >= 15 is 0 Å². The molecule has 0 spiro atoms. The number of hydrogen-bond donors (Lipinski definition) is 4. The normalized spacial score (nSPS) is 16.5. The fraction of sp³-hybridized carbons (Fsp3) is 0.429. The zero-order valence-corrected chi connectivity index (χ0v) is 17.2. The minimum absolute atomic E-state index is 0.0550. The Morgan fingerprint density at radius 3 is 2.67 bits per heavy atom. The van der Waals surface area contributed by atoms with Crippen LogP contribution in [0.4, 0.5) is 11.6 Å². The fourth-order valence-electron chi connectivity index (χ4n) is 3.93. The van der Waals surface area contributed by atoms with Crippen LogP contribution in [0.5, 0.6) is 0 Å². The molecule has 1 aliphatic rings. The number of aliphatic hydroxyl groups is 1. The van der Waals surface area contributed by atoms with Crippen molar-refractivity contribution >= 4 is 11.6 Å². The van der Waals surface area contributed by atoms with Crippen LogP contribution in [0.2, 0.25) is 0 Å². The van der Waals surface area contributed by atoms with Gasteiger partial charge in [0, 0.05) is 37.8 Å². The number of nitrogens with two attached hydrogens (primary N) is 1. The second-order valence-corrected chi connectivity index (χ2v) is 7.36. The van der Waals surface area contributed by atoms with Crippen molar-refractivity contribution in [3.05, 3.63) is 54.3 Å². The van der Waals surface area contributed by atoms with Gasteiger partial charge in [-0.3, -0.25) is 4.98 Å². The molecular formula is C21H28N8O. The molecule has 0 unspecified atom stereocenters. The number of nitrogen functional groups attached to an aromatic ring is 1. The van der Waals surface area contributed by atoms with Gasteiger partial charge in [-0.15, -0.1) is 0 Å². The van der Waals surface area contributed by atoms with Crippen LogP contribution in [0.3, 0.4) is 0 Å². The Kier molecular flexibility index (Phi) is 6.82. The number of rotatable bonds is 8. The van der Waals surface area contributed by atoms with E-state index in [1.807, 2.05) is 19.2 Å². The molecule has 0 aliphatic carbocycles. The summed E-state index contributed by atoms with van der Waals surface area (Å²) in [5, 5.41) is 25.9. The molecule has 2 aromatic heterocycles. The standard InChI is InChI=1S/C21H28N8O/c1-15(28-18(5-12-30)16-3-8-25-9-4-16)21(24-2)6-10-29(11-7-21)20-17(13-22)19(23)26-14-27-20/h3-4,8-9,14,18,24,28,30H,1,5-7,10-12H2,2H3,(H2,23,26,27)/t18-/m0/s1. The summed E-state index contributed by atoms with van der Waals surface area (Å²) in [5.74, 6) is 0.770. The number of pyridine rings is 1. The van der Waals surface area contributed by atoms with Crippen molar-refractivity contribution in [2.45, 2.75) is 30.8 Å². The zero-order chi connectivity index (χ0) is 21.6. The van der Waals surface area contributed by atoms with Gasteiger partial charge >= 0.3 is 0 Å². The Morgan fingerprint density at radius 1 is 1.37 bits per heavy atom. The number of nitrogens with one attached hydrogen (secondary N) is 2. The highest BCUT2D eigenvalue weighted by atomic mass is 16.3. The lowest BCUT2D eigenvalue weighted by Crippen LogP contribution is -2.56. The molecule has 0 bridgehead atoms. The van der Waals surface area contributed by atoms with Crippen molar-refractivity contribution in [2.75, 3.05) is 37.4 Å². The first-order chi connectivity index (χ1) is 14.5. The van der Waals surface area contributed by atoms with Gasteiger partial charge in [0.25, 0.3) is 0 Å². The van der Waals surface area contributed by atoms with Crippen molar-refractivity contribution in [3.63, 3.8) is 0 Å². The molecule has 0 saturated carbocycles. The number of aliphatic hydroxyl groups excluding tert-OH is 1. The van der Waals surface area contributed by atoms with Gasteiger partial charge in [-0.1, -0.05) is 6.58 Å². The molecule has 0 amide bonds. The number of aromatic nitrogens is 3. The maximum atomic E-state index is 9.52. The maximum Gasteiger partial charge on any atom is 0.152 e. The van der Waals surface area contributed by atoms with Crippen LogP contribution >= 0.6 is 0 Å². The second kappa shape index (κ2) is 9.52. The van der Waals surface area contributed by atoms with Crippen molar-refractivity contribution in [1.82, 2.24) is 25.6 Å². The summed E-state index contributed by atoms with van der Waals surface area (Å²) in [6.45, 7) is 5.77. The average Bonchev–Trinajstić information content (AvgIpc) is 2.79. The van der Waals surface area contributed by atoms with E-state index in [9.17, 15) is 10.4 Å². The SMILES string of the molecule is C=C(N[C@@H](CCO)c1ccncc1)C1(NC)CCN(c2ncnc(N)c2C#N)CC1. The Balaban J connectivity index is 1.74. The first-order valence-electron chi connectivity index (χ1n) is 9.95. The van der Waals surface area contributed by atoms with Gasteiger partial charge in [-0.05, 0) is 44.0 Å². The van der Waals surface area contributed by atoms with Crippen LogP contribution in [0, 0.1) is 11.3 Å². The monoisotopic (exact) mass is 408 g/mol. The number of nitriles is 1. The van der Waals surface area contributed by atoms with E-state index in [4.69, 9.17) is 5.73 Å². The molecule has 3 rings (SSSR count). The maximum absolute atomic E-state index is 9.52. The summed E-state index contributed by atoms with van der Waals surface area (Å²) in [5.41, 5.74) is 7.77. The van der Waals surface area contributed by atoms with E-state index in [1.54, 1.807) is 12.4 Å². The minimum atomic E-state index is -0.317. The molecule has 1 saturated heterocycles. The van der Waals surface area contributed by atoms with Gasteiger partial charge in [0.05, 0.1) is 11.6 Å². The molecule has 5 N–H and O–H groups in total. The highest BCUT2D eigenvalue weighted by molar-refractivity contribution is 5.63. The predicted molar refractivity (Wildman–Crippen MR) is 115 cm³/mol. The molecular weight excluding hydrogens is 380 g/mol. The molecule has 1 fully saturated rings. The number of hydrogen-bond acceptors (Lipinski definition) is 9. The summed E-state index contributed by atoms with van der Waals surface area (Å²) in [6, 6.07) is 5.94. The summed E-state index contributed by atoms with van der Waals surface area (Å²) in [4.78, 5) is 14.3. The summed E-state index contributed by atoms with van der Waals surface area (Å²) >= 11 is 0. The Hall–Kier alpha value is -3.22. The molecule has 0 aromatic carbocycles. The molecule has 9 nitrogen and oxygen atoms in total. The molecule has 1 atom stereocenters. The second-order valence-electron chi connectivity index (χ2n) is 7.36. The van der Waals surface area contributed by atoms with Crippen molar-refractivity contribution in [1.29, 1.82) is 5.26 Å². The topological polar surface area (TPSA) is 136 Å². The number of anilines is 2. The molecule has 9 heteroatoms. The number of likely N-dealkylation sites (N-methyl/N-ethyl adjacent to an activating group) is 1. The van der Waals surface area contributed by atoms with Gasteiger partial charge in [0.1, 0.15) is 23.8 Å². The van der Waals surface area contributed by atoms with Crippen molar-refractivity contribution < 1.29 is 5.11 Å². The number of nitrogens with zero attached hydrogens (tertiary/aromatic N) is 5.